The number of rotatable bonds is 10. The summed E-state index contributed by atoms with van der Waals surface area (Å²) >= 11 is 0. The summed E-state index contributed by atoms with van der Waals surface area (Å²) in [6, 6.07) is 18.0. The van der Waals surface area contributed by atoms with E-state index in [0.717, 1.165) is 19.3 Å². The monoisotopic (exact) mass is 551 g/mol. The standard InChI is InChI=1S/C29H34FN5O3S/c30-25-9-7-22(8-10-25)23-4-2-6-26(19-23)39(37,38)34-27(18-21-3-1-5-24(17-21)28(32)33)29(36)35-15-12-20(11-14-31)13-16-35/h1-10,17,19-20,27,34H,11-16,18,31H2,(H3,32,33)/t27-/m0/s1. The van der Waals surface area contributed by atoms with Gasteiger partial charge in [-0.3, -0.25) is 10.2 Å². The lowest BCUT2D eigenvalue weighted by Gasteiger charge is -2.34. The minimum Gasteiger partial charge on any atom is -0.384 e. The maximum absolute atomic E-state index is 13.7. The molecule has 0 aliphatic carbocycles. The number of hydrogen-bond donors (Lipinski definition) is 4. The number of piperidine rings is 1. The van der Waals surface area contributed by atoms with E-state index in [9.17, 15) is 17.6 Å². The van der Waals surface area contributed by atoms with Crippen LogP contribution in [0.15, 0.2) is 77.7 Å². The summed E-state index contributed by atoms with van der Waals surface area (Å²) in [7, 11) is -4.10. The van der Waals surface area contributed by atoms with Gasteiger partial charge < -0.3 is 16.4 Å². The van der Waals surface area contributed by atoms with Gasteiger partial charge in [-0.2, -0.15) is 4.72 Å². The molecule has 0 spiro atoms. The highest BCUT2D eigenvalue weighted by atomic mass is 32.2. The van der Waals surface area contributed by atoms with Crippen molar-refractivity contribution < 1.29 is 17.6 Å². The Labute approximate surface area is 228 Å². The number of carbonyl (C=O) groups excluding carboxylic acids is 1. The number of amidine groups is 1. The Bertz CT molecular complexity index is 1420. The summed E-state index contributed by atoms with van der Waals surface area (Å²) in [5.41, 5.74) is 13.8. The van der Waals surface area contributed by atoms with Gasteiger partial charge in [-0.05, 0) is 85.2 Å². The second-order valence-electron chi connectivity index (χ2n) is 9.87. The summed E-state index contributed by atoms with van der Waals surface area (Å²) in [5, 5.41) is 7.73. The van der Waals surface area contributed by atoms with Gasteiger partial charge in [-0.25, -0.2) is 12.8 Å². The lowest BCUT2D eigenvalue weighted by molar-refractivity contribution is -0.134. The SMILES string of the molecule is N=C(N)c1cccc(C[C@H](NS(=O)(=O)c2cccc(-c3ccc(F)cc3)c2)C(=O)N2CCC(CCN)CC2)c1. The van der Waals surface area contributed by atoms with Crippen LogP contribution in [-0.4, -0.2) is 50.7 Å². The van der Waals surface area contributed by atoms with Crippen LogP contribution in [0, 0.1) is 17.1 Å². The van der Waals surface area contributed by atoms with E-state index in [-0.39, 0.29) is 28.9 Å². The predicted molar refractivity (Wildman–Crippen MR) is 150 cm³/mol. The Hall–Kier alpha value is -3.60. The quantitative estimate of drug-likeness (QED) is 0.226. The number of likely N-dealkylation sites (tertiary alicyclic amines) is 1. The number of nitrogens with one attached hydrogen (secondary N) is 2. The van der Waals surface area contributed by atoms with Crippen molar-refractivity contribution in [2.75, 3.05) is 19.6 Å². The number of halogens is 1. The summed E-state index contributed by atoms with van der Waals surface area (Å²) in [6.07, 6.45) is 2.64. The van der Waals surface area contributed by atoms with Crippen molar-refractivity contribution in [3.05, 3.63) is 89.7 Å². The summed E-state index contributed by atoms with van der Waals surface area (Å²) in [4.78, 5) is 15.4. The highest BCUT2D eigenvalue weighted by Crippen LogP contribution is 2.24. The normalized spacial score (nSPS) is 15.2. The van der Waals surface area contributed by atoms with Gasteiger partial charge in [0.1, 0.15) is 17.7 Å². The van der Waals surface area contributed by atoms with Crippen LogP contribution >= 0.6 is 0 Å². The van der Waals surface area contributed by atoms with Crippen molar-refractivity contribution in [3.63, 3.8) is 0 Å². The fourth-order valence-electron chi connectivity index (χ4n) is 4.92. The van der Waals surface area contributed by atoms with E-state index >= 15 is 0 Å². The minimum atomic E-state index is -4.10. The molecule has 10 heteroatoms. The maximum Gasteiger partial charge on any atom is 0.241 e. The van der Waals surface area contributed by atoms with Gasteiger partial charge in [-0.15, -0.1) is 0 Å². The Morgan fingerprint density at radius 2 is 1.72 bits per heavy atom. The van der Waals surface area contributed by atoms with Crippen LogP contribution in [0.25, 0.3) is 11.1 Å². The molecule has 3 aromatic rings. The Kier molecular flexibility index (Phi) is 9.11. The molecule has 0 bridgehead atoms. The first-order valence-electron chi connectivity index (χ1n) is 13.0. The van der Waals surface area contributed by atoms with Crippen LogP contribution in [-0.2, 0) is 21.2 Å². The number of amides is 1. The minimum absolute atomic E-state index is 0.00117. The van der Waals surface area contributed by atoms with Crippen molar-refractivity contribution in [1.29, 1.82) is 5.41 Å². The number of hydrogen-bond acceptors (Lipinski definition) is 5. The molecule has 1 amide bonds. The number of benzene rings is 3. The van der Waals surface area contributed by atoms with Crippen LogP contribution in [0.2, 0.25) is 0 Å². The molecule has 1 aliphatic heterocycles. The zero-order chi connectivity index (χ0) is 28.0. The van der Waals surface area contributed by atoms with Crippen LogP contribution in [0.1, 0.15) is 30.4 Å². The second-order valence-corrected chi connectivity index (χ2v) is 11.6. The second kappa shape index (κ2) is 12.5. The van der Waals surface area contributed by atoms with E-state index in [4.69, 9.17) is 16.9 Å². The van der Waals surface area contributed by atoms with Crippen molar-refractivity contribution in [2.24, 2.45) is 17.4 Å². The zero-order valence-corrected chi connectivity index (χ0v) is 22.5. The summed E-state index contributed by atoms with van der Waals surface area (Å²) < 4.78 is 43.2. The van der Waals surface area contributed by atoms with Crippen LogP contribution in [0.5, 0.6) is 0 Å². The van der Waals surface area contributed by atoms with Gasteiger partial charge in [0.05, 0.1) is 4.90 Å². The van der Waals surface area contributed by atoms with E-state index in [1.54, 1.807) is 53.4 Å². The molecule has 1 heterocycles. The van der Waals surface area contributed by atoms with Gasteiger partial charge in [-0.1, -0.05) is 42.5 Å². The third-order valence-corrected chi connectivity index (χ3v) is 8.57. The summed E-state index contributed by atoms with van der Waals surface area (Å²) in [5.74, 6) is -0.338. The van der Waals surface area contributed by atoms with E-state index < -0.39 is 16.1 Å². The molecule has 1 aliphatic rings. The molecule has 8 nitrogen and oxygen atoms in total. The fourth-order valence-corrected chi connectivity index (χ4v) is 6.15. The number of nitrogen functional groups attached to an aromatic ring is 1. The molecule has 4 rings (SSSR count). The topological polar surface area (TPSA) is 142 Å². The molecule has 1 atom stereocenters. The highest BCUT2D eigenvalue weighted by Gasteiger charge is 2.32. The largest absolute Gasteiger partial charge is 0.384 e. The number of nitrogens with zero attached hydrogens (tertiary/aromatic N) is 1. The van der Waals surface area contributed by atoms with E-state index in [1.807, 2.05) is 0 Å². The Morgan fingerprint density at radius 3 is 2.38 bits per heavy atom. The molecule has 0 unspecified atom stereocenters. The smallest absolute Gasteiger partial charge is 0.241 e. The highest BCUT2D eigenvalue weighted by molar-refractivity contribution is 7.89. The van der Waals surface area contributed by atoms with Gasteiger partial charge in [0.2, 0.25) is 15.9 Å². The molecule has 1 saturated heterocycles. The lowest BCUT2D eigenvalue weighted by Crippen LogP contribution is -2.51. The molecular weight excluding hydrogens is 517 g/mol. The van der Waals surface area contributed by atoms with Crippen molar-refractivity contribution in [3.8, 4) is 11.1 Å². The van der Waals surface area contributed by atoms with Crippen molar-refractivity contribution >= 4 is 21.8 Å². The van der Waals surface area contributed by atoms with Crippen LogP contribution in [0.4, 0.5) is 4.39 Å². The average molecular weight is 552 g/mol. The first-order chi connectivity index (χ1) is 18.7. The molecule has 0 radical (unpaired) electrons. The molecule has 0 aromatic heterocycles. The molecular formula is C29H34FN5O3S. The number of nitrogens with two attached hydrogens (primary N) is 2. The predicted octanol–water partition coefficient (Wildman–Crippen LogP) is 3.25. The lowest BCUT2D eigenvalue weighted by atomic mass is 9.93. The van der Waals surface area contributed by atoms with Gasteiger partial charge in [0.15, 0.2) is 0 Å². The number of sulfonamides is 1. The van der Waals surface area contributed by atoms with Crippen LogP contribution in [0.3, 0.4) is 0 Å². The van der Waals surface area contributed by atoms with Crippen molar-refractivity contribution in [2.45, 2.75) is 36.6 Å². The molecule has 206 valence electrons. The Balaban J connectivity index is 1.60. The fraction of sp³-hybridized carbons (Fsp3) is 0.310. The molecule has 39 heavy (non-hydrogen) atoms. The zero-order valence-electron chi connectivity index (χ0n) is 21.6. The van der Waals surface area contributed by atoms with Crippen LogP contribution < -0.4 is 16.2 Å². The third-order valence-electron chi connectivity index (χ3n) is 7.10. The van der Waals surface area contributed by atoms with Gasteiger partial charge >= 0.3 is 0 Å². The number of carbonyl (C=O) groups is 1. The van der Waals surface area contributed by atoms with E-state index in [2.05, 4.69) is 4.72 Å². The average Bonchev–Trinajstić information content (AvgIpc) is 2.93. The first kappa shape index (κ1) is 28.4. The molecule has 0 saturated carbocycles. The third kappa shape index (κ3) is 7.29. The maximum atomic E-state index is 13.7. The molecule has 1 fully saturated rings. The Morgan fingerprint density at radius 1 is 1.03 bits per heavy atom. The first-order valence-corrected chi connectivity index (χ1v) is 14.4. The van der Waals surface area contributed by atoms with E-state index in [1.165, 1.54) is 24.3 Å². The molecule has 3 aromatic carbocycles. The van der Waals surface area contributed by atoms with Gasteiger partial charge in [0.25, 0.3) is 0 Å². The van der Waals surface area contributed by atoms with E-state index in [0.29, 0.717) is 47.8 Å². The van der Waals surface area contributed by atoms with Crippen molar-refractivity contribution in [1.82, 2.24) is 9.62 Å². The molecule has 6 N–H and O–H groups in total. The summed E-state index contributed by atoms with van der Waals surface area (Å²) in [6.45, 7) is 1.68. The van der Waals surface area contributed by atoms with Gasteiger partial charge in [0, 0.05) is 18.7 Å².